The summed E-state index contributed by atoms with van der Waals surface area (Å²) in [4.78, 5) is 13.1. The molecule has 0 N–H and O–H groups in total. The van der Waals surface area contributed by atoms with Crippen LogP contribution in [0.15, 0.2) is 30.7 Å². The van der Waals surface area contributed by atoms with Crippen LogP contribution in [0.1, 0.15) is 26.1 Å². The zero-order valence-corrected chi connectivity index (χ0v) is 13.0. The molecular formula is C17H19FN4. The van der Waals surface area contributed by atoms with Crippen LogP contribution in [0.2, 0.25) is 0 Å². The standard InChI is InChI=1S/C17H19FN4/c1-11(2)4-7-16-19-10-20-17(21-16)14-9-22(3)15-6-5-12(18)8-13(14)15/h5-6,8-11H,4,7H2,1-3H3. The number of nitrogens with zero attached hydrogens (tertiary/aromatic N) is 4. The molecule has 0 fully saturated rings. The fraction of sp³-hybridized carbons (Fsp3) is 0.353. The first kappa shape index (κ1) is 14.6. The molecular weight excluding hydrogens is 279 g/mol. The van der Waals surface area contributed by atoms with Gasteiger partial charge in [0.25, 0.3) is 0 Å². The van der Waals surface area contributed by atoms with Gasteiger partial charge in [-0.15, -0.1) is 0 Å². The summed E-state index contributed by atoms with van der Waals surface area (Å²) >= 11 is 0. The molecule has 5 heteroatoms. The summed E-state index contributed by atoms with van der Waals surface area (Å²) in [6, 6.07) is 4.77. The number of fused-ring (bicyclic) bond motifs is 1. The normalized spacial score (nSPS) is 11.5. The van der Waals surface area contributed by atoms with Crippen LogP contribution in [0.4, 0.5) is 4.39 Å². The van der Waals surface area contributed by atoms with Gasteiger partial charge in [-0.1, -0.05) is 13.8 Å². The van der Waals surface area contributed by atoms with Gasteiger partial charge in [0.15, 0.2) is 5.82 Å². The maximum atomic E-state index is 13.6. The molecule has 4 nitrogen and oxygen atoms in total. The molecule has 3 rings (SSSR count). The predicted octanol–water partition coefficient (Wildman–Crippen LogP) is 3.76. The molecule has 3 aromatic rings. The predicted molar refractivity (Wildman–Crippen MR) is 84.9 cm³/mol. The summed E-state index contributed by atoms with van der Waals surface area (Å²) in [5.74, 6) is 1.73. The molecule has 0 atom stereocenters. The highest BCUT2D eigenvalue weighted by Gasteiger charge is 2.13. The van der Waals surface area contributed by atoms with Crippen LogP contribution in [0, 0.1) is 11.7 Å². The van der Waals surface area contributed by atoms with Crippen LogP contribution in [0.3, 0.4) is 0 Å². The Labute approximate surface area is 129 Å². The minimum absolute atomic E-state index is 0.256. The van der Waals surface area contributed by atoms with Crippen LogP contribution >= 0.6 is 0 Å². The van der Waals surface area contributed by atoms with Gasteiger partial charge >= 0.3 is 0 Å². The van der Waals surface area contributed by atoms with E-state index in [1.165, 1.54) is 18.5 Å². The van der Waals surface area contributed by atoms with E-state index in [1.54, 1.807) is 6.07 Å². The summed E-state index contributed by atoms with van der Waals surface area (Å²) in [6.07, 6.45) is 5.34. The first-order chi connectivity index (χ1) is 10.5. The highest BCUT2D eigenvalue weighted by molar-refractivity contribution is 5.94. The van der Waals surface area contributed by atoms with Crippen LogP contribution in [0.25, 0.3) is 22.3 Å². The molecule has 0 saturated carbocycles. The quantitative estimate of drug-likeness (QED) is 0.736. The average molecular weight is 298 g/mol. The second kappa shape index (κ2) is 5.83. The lowest BCUT2D eigenvalue weighted by Crippen LogP contribution is -2.01. The number of aryl methyl sites for hydroxylation is 2. The zero-order chi connectivity index (χ0) is 15.7. The summed E-state index contributed by atoms with van der Waals surface area (Å²) in [5, 5.41) is 0.823. The van der Waals surface area contributed by atoms with Gasteiger partial charge in [-0.2, -0.15) is 0 Å². The number of hydrogen-bond donors (Lipinski definition) is 0. The van der Waals surface area contributed by atoms with Crippen molar-refractivity contribution in [3.05, 3.63) is 42.4 Å². The van der Waals surface area contributed by atoms with Crippen molar-refractivity contribution in [3.8, 4) is 11.4 Å². The second-order valence-electron chi connectivity index (χ2n) is 5.97. The first-order valence-corrected chi connectivity index (χ1v) is 7.47. The number of rotatable bonds is 4. The van der Waals surface area contributed by atoms with E-state index in [-0.39, 0.29) is 5.82 Å². The monoisotopic (exact) mass is 298 g/mol. The molecule has 0 spiro atoms. The van der Waals surface area contributed by atoms with Crippen LogP contribution in [0.5, 0.6) is 0 Å². The third kappa shape index (κ3) is 2.84. The largest absolute Gasteiger partial charge is 0.350 e. The Morgan fingerprint density at radius 1 is 1.23 bits per heavy atom. The summed E-state index contributed by atoms with van der Waals surface area (Å²) in [5.41, 5.74) is 1.80. The molecule has 0 aliphatic carbocycles. The molecule has 0 radical (unpaired) electrons. The first-order valence-electron chi connectivity index (χ1n) is 7.47. The van der Waals surface area contributed by atoms with Gasteiger partial charge in [-0.05, 0) is 30.5 Å². The molecule has 0 unspecified atom stereocenters. The molecule has 0 amide bonds. The molecule has 2 aromatic heterocycles. The number of aromatic nitrogens is 4. The molecule has 0 aliphatic heterocycles. The maximum Gasteiger partial charge on any atom is 0.165 e. The van der Waals surface area contributed by atoms with Crippen molar-refractivity contribution in [2.45, 2.75) is 26.7 Å². The molecule has 0 bridgehead atoms. The minimum Gasteiger partial charge on any atom is -0.350 e. The Bertz CT molecular complexity index is 808. The van der Waals surface area contributed by atoms with E-state index in [0.717, 1.165) is 35.1 Å². The van der Waals surface area contributed by atoms with E-state index in [2.05, 4.69) is 28.8 Å². The summed E-state index contributed by atoms with van der Waals surface area (Å²) in [6.45, 7) is 4.35. The van der Waals surface area contributed by atoms with Gasteiger partial charge in [-0.3, -0.25) is 0 Å². The second-order valence-corrected chi connectivity index (χ2v) is 5.97. The molecule has 2 heterocycles. The fourth-order valence-corrected chi connectivity index (χ4v) is 2.54. The third-order valence-electron chi connectivity index (χ3n) is 3.76. The Balaban J connectivity index is 2.04. The van der Waals surface area contributed by atoms with Crippen molar-refractivity contribution in [1.29, 1.82) is 0 Å². The van der Waals surface area contributed by atoms with E-state index in [1.807, 2.05) is 17.8 Å². The van der Waals surface area contributed by atoms with Crippen molar-refractivity contribution >= 4 is 10.9 Å². The maximum absolute atomic E-state index is 13.6. The van der Waals surface area contributed by atoms with Gasteiger partial charge in [0.1, 0.15) is 18.0 Å². The van der Waals surface area contributed by atoms with Crippen LogP contribution < -0.4 is 0 Å². The highest BCUT2D eigenvalue weighted by atomic mass is 19.1. The SMILES string of the molecule is CC(C)CCc1ncnc(-c2cn(C)c3ccc(F)cc23)n1. The average Bonchev–Trinajstić information content (AvgIpc) is 2.82. The zero-order valence-electron chi connectivity index (χ0n) is 13.0. The van der Waals surface area contributed by atoms with Crippen LogP contribution in [-0.2, 0) is 13.5 Å². The lowest BCUT2D eigenvalue weighted by atomic mass is 10.1. The van der Waals surface area contributed by atoms with Gasteiger partial charge in [0.2, 0.25) is 0 Å². The Hall–Kier alpha value is -2.30. The summed E-state index contributed by atoms with van der Waals surface area (Å²) in [7, 11) is 1.94. The number of hydrogen-bond acceptors (Lipinski definition) is 3. The topological polar surface area (TPSA) is 43.6 Å². The van der Waals surface area contributed by atoms with Crippen molar-refractivity contribution in [2.24, 2.45) is 13.0 Å². The molecule has 1 aromatic carbocycles. The van der Waals surface area contributed by atoms with Crippen molar-refractivity contribution in [3.63, 3.8) is 0 Å². The van der Waals surface area contributed by atoms with Gasteiger partial charge in [0.05, 0.1) is 0 Å². The van der Waals surface area contributed by atoms with Crippen molar-refractivity contribution < 1.29 is 4.39 Å². The highest BCUT2D eigenvalue weighted by Crippen LogP contribution is 2.28. The van der Waals surface area contributed by atoms with E-state index in [9.17, 15) is 4.39 Å². The van der Waals surface area contributed by atoms with Gasteiger partial charge < -0.3 is 4.57 Å². The van der Waals surface area contributed by atoms with E-state index >= 15 is 0 Å². The third-order valence-corrected chi connectivity index (χ3v) is 3.76. The van der Waals surface area contributed by atoms with Gasteiger partial charge in [0, 0.05) is 36.1 Å². The van der Waals surface area contributed by atoms with E-state index in [0.29, 0.717) is 11.7 Å². The van der Waals surface area contributed by atoms with Crippen LogP contribution in [-0.4, -0.2) is 19.5 Å². The fourth-order valence-electron chi connectivity index (χ4n) is 2.54. The summed E-state index contributed by atoms with van der Waals surface area (Å²) < 4.78 is 15.5. The Kier molecular flexibility index (Phi) is 3.88. The number of halogens is 1. The Morgan fingerprint density at radius 2 is 2.05 bits per heavy atom. The minimum atomic E-state index is -0.256. The van der Waals surface area contributed by atoms with E-state index in [4.69, 9.17) is 0 Å². The smallest absolute Gasteiger partial charge is 0.165 e. The molecule has 0 aliphatic rings. The van der Waals surface area contributed by atoms with Gasteiger partial charge in [-0.25, -0.2) is 19.3 Å². The molecule has 0 saturated heterocycles. The Morgan fingerprint density at radius 3 is 2.82 bits per heavy atom. The van der Waals surface area contributed by atoms with Crippen molar-refractivity contribution in [2.75, 3.05) is 0 Å². The number of benzene rings is 1. The lowest BCUT2D eigenvalue weighted by Gasteiger charge is -2.04. The molecule has 22 heavy (non-hydrogen) atoms. The lowest BCUT2D eigenvalue weighted by molar-refractivity contribution is 0.573. The molecule has 114 valence electrons. The van der Waals surface area contributed by atoms with Crippen molar-refractivity contribution in [1.82, 2.24) is 19.5 Å². The van der Waals surface area contributed by atoms with E-state index < -0.39 is 0 Å².